The second-order valence-corrected chi connectivity index (χ2v) is 4.95. The normalized spacial score (nSPS) is 10.6. The van der Waals surface area contributed by atoms with Gasteiger partial charge in [-0.1, -0.05) is 11.6 Å². The highest BCUT2D eigenvalue weighted by Gasteiger charge is 2.12. The highest BCUT2D eigenvalue weighted by molar-refractivity contribution is 6.29. The summed E-state index contributed by atoms with van der Waals surface area (Å²) in [7, 11) is 1.87. The molecule has 6 nitrogen and oxygen atoms in total. The second kappa shape index (κ2) is 5.50. The van der Waals surface area contributed by atoms with E-state index in [-0.39, 0.29) is 16.9 Å². The van der Waals surface area contributed by atoms with Gasteiger partial charge >= 0.3 is 0 Å². The number of nitrogen functional groups attached to an aromatic ring is 1. The van der Waals surface area contributed by atoms with Gasteiger partial charge in [0, 0.05) is 30.4 Å². The van der Waals surface area contributed by atoms with Crippen LogP contribution in [-0.2, 0) is 13.6 Å². The molecular formula is C13H16ClN5O. The summed E-state index contributed by atoms with van der Waals surface area (Å²) >= 11 is 5.78. The van der Waals surface area contributed by atoms with Crippen molar-refractivity contribution >= 4 is 23.3 Å². The van der Waals surface area contributed by atoms with Gasteiger partial charge in [0.2, 0.25) is 0 Å². The van der Waals surface area contributed by atoms with Gasteiger partial charge in [-0.2, -0.15) is 5.10 Å². The molecule has 0 spiro atoms. The first-order valence-corrected chi connectivity index (χ1v) is 6.46. The highest BCUT2D eigenvalue weighted by atomic mass is 35.5. The molecule has 0 bridgehead atoms. The summed E-state index contributed by atoms with van der Waals surface area (Å²) in [5.74, 6) is -0.0277. The first-order valence-electron chi connectivity index (χ1n) is 6.09. The zero-order chi connectivity index (χ0) is 14.9. The van der Waals surface area contributed by atoms with Gasteiger partial charge in [0.05, 0.1) is 5.69 Å². The van der Waals surface area contributed by atoms with E-state index in [0.29, 0.717) is 12.1 Å². The van der Waals surface area contributed by atoms with E-state index in [0.717, 1.165) is 17.0 Å². The van der Waals surface area contributed by atoms with Gasteiger partial charge in [0.1, 0.15) is 11.0 Å². The van der Waals surface area contributed by atoms with E-state index in [1.54, 1.807) is 4.68 Å². The lowest BCUT2D eigenvalue weighted by Gasteiger charge is -2.07. The van der Waals surface area contributed by atoms with E-state index < -0.39 is 0 Å². The van der Waals surface area contributed by atoms with Gasteiger partial charge in [-0.15, -0.1) is 0 Å². The smallest absolute Gasteiger partial charge is 0.251 e. The van der Waals surface area contributed by atoms with Crippen LogP contribution in [0, 0.1) is 13.8 Å². The zero-order valence-electron chi connectivity index (χ0n) is 11.6. The first kappa shape index (κ1) is 14.3. The maximum atomic E-state index is 12.1. The van der Waals surface area contributed by atoms with Gasteiger partial charge in [-0.05, 0) is 26.0 Å². The molecule has 3 N–H and O–H groups in total. The monoisotopic (exact) mass is 293 g/mol. The Labute approximate surface area is 121 Å². The number of hydrogen-bond acceptors (Lipinski definition) is 4. The summed E-state index contributed by atoms with van der Waals surface area (Å²) in [6.45, 7) is 4.28. The summed E-state index contributed by atoms with van der Waals surface area (Å²) in [6.07, 6.45) is 0. The Bertz CT molecular complexity index is 645. The van der Waals surface area contributed by atoms with Crippen molar-refractivity contribution in [2.75, 3.05) is 5.73 Å². The topological polar surface area (TPSA) is 85.8 Å². The molecule has 2 aromatic heterocycles. The molecule has 0 saturated carbocycles. The minimum absolute atomic E-state index is 0.198. The van der Waals surface area contributed by atoms with E-state index in [2.05, 4.69) is 15.4 Å². The number of halogens is 1. The number of rotatable bonds is 3. The number of amides is 1. The summed E-state index contributed by atoms with van der Waals surface area (Å²) in [6, 6.07) is 2.97. The second-order valence-electron chi connectivity index (χ2n) is 4.56. The van der Waals surface area contributed by atoms with Crippen molar-refractivity contribution in [3.05, 3.63) is 39.8 Å². The van der Waals surface area contributed by atoms with Crippen molar-refractivity contribution in [3.63, 3.8) is 0 Å². The lowest BCUT2D eigenvalue weighted by molar-refractivity contribution is 0.0951. The third-order valence-electron chi connectivity index (χ3n) is 3.16. The van der Waals surface area contributed by atoms with Gasteiger partial charge in [0.15, 0.2) is 0 Å². The molecule has 0 fully saturated rings. The number of nitrogens with zero attached hydrogens (tertiary/aromatic N) is 3. The Kier molecular flexibility index (Phi) is 3.94. The van der Waals surface area contributed by atoms with Crippen molar-refractivity contribution in [2.45, 2.75) is 20.4 Å². The molecular weight excluding hydrogens is 278 g/mol. The molecule has 0 aromatic carbocycles. The van der Waals surface area contributed by atoms with Crippen LogP contribution >= 0.6 is 11.6 Å². The molecule has 2 rings (SSSR count). The van der Waals surface area contributed by atoms with E-state index >= 15 is 0 Å². The van der Waals surface area contributed by atoms with Crippen LogP contribution in [0.2, 0.25) is 5.15 Å². The summed E-state index contributed by atoms with van der Waals surface area (Å²) in [4.78, 5) is 15.9. The van der Waals surface area contributed by atoms with Crippen LogP contribution in [0.3, 0.4) is 0 Å². The predicted octanol–water partition coefficient (Wildman–Crippen LogP) is 1.60. The summed E-state index contributed by atoms with van der Waals surface area (Å²) in [5, 5.41) is 7.33. The Balaban J connectivity index is 2.12. The van der Waals surface area contributed by atoms with Crippen LogP contribution in [0.5, 0.6) is 0 Å². The molecule has 0 aliphatic rings. The van der Waals surface area contributed by atoms with Gasteiger partial charge in [-0.3, -0.25) is 9.48 Å². The SMILES string of the molecule is Cc1nn(C)c(C)c1CNC(=O)c1cc(N)nc(Cl)c1. The van der Waals surface area contributed by atoms with E-state index in [1.165, 1.54) is 12.1 Å². The number of aryl methyl sites for hydroxylation is 2. The number of aromatic nitrogens is 3. The lowest BCUT2D eigenvalue weighted by Crippen LogP contribution is -2.23. The molecule has 7 heteroatoms. The maximum absolute atomic E-state index is 12.1. The average molecular weight is 294 g/mol. The number of carbonyl (C=O) groups excluding carboxylic acids is 1. The fourth-order valence-electron chi connectivity index (χ4n) is 1.99. The molecule has 2 aromatic rings. The van der Waals surface area contributed by atoms with Crippen LogP contribution in [0.1, 0.15) is 27.3 Å². The van der Waals surface area contributed by atoms with E-state index in [9.17, 15) is 4.79 Å². The Morgan fingerprint density at radius 1 is 1.45 bits per heavy atom. The molecule has 1 amide bonds. The fraction of sp³-hybridized carbons (Fsp3) is 0.308. The third-order valence-corrected chi connectivity index (χ3v) is 3.35. The van der Waals surface area contributed by atoms with Crippen LogP contribution < -0.4 is 11.1 Å². The number of anilines is 1. The number of carbonyl (C=O) groups is 1. The van der Waals surface area contributed by atoms with Crippen molar-refractivity contribution in [2.24, 2.45) is 7.05 Å². The average Bonchev–Trinajstić information content (AvgIpc) is 2.60. The highest BCUT2D eigenvalue weighted by Crippen LogP contribution is 2.14. The van der Waals surface area contributed by atoms with Crippen molar-refractivity contribution in [1.82, 2.24) is 20.1 Å². The van der Waals surface area contributed by atoms with Crippen molar-refractivity contribution in [1.29, 1.82) is 0 Å². The largest absolute Gasteiger partial charge is 0.384 e. The predicted molar refractivity (Wildman–Crippen MR) is 77.5 cm³/mol. The molecule has 0 unspecified atom stereocenters. The maximum Gasteiger partial charge on any atom is 0.251 e. The van der Waals surface area contributed by atoms with Gasteiger partial charge in [-0.25, -0.2) is 4.98 Å². The number of nitrogens with two attached hydrogens (primary N) is 1. The molecule has 106 valence electrons. The molecule has 0 saturated heterocycles. The molecule has 0 radical (unpaired) electrons. The molecule has 20 heavy (non-hydrogen) atoms. The summed E-state index contributed by atoms with van der Waals surface area (Å²) < 4.78 is 1.79. The zero-order valence-corrected chi connectivity index (χ0v) is 12.3. The van der Waals surface area contributed by atoms with E-state index in [1.807, 2.05) is 20.9 Å². The molecule has 0 aliphatic heterocycles. The van der Waals surface area contributed by atoms with Crippen molar-refractivity contribution < 1.29 is 4.79 Å². The number of hydrogen-bond donors (Lipinski definition) is 2. The van der Waals surface area contributed by atoms with Crippen LogP contribution in [0.4, 0.5) is 5.82 Å². The molecule has 2 heterocycles. The fourth-order valence-corrected chi connectivity index (χ4v) is 2.21. The minimum atomic E-state index is -0.247. The third kappa shape index (κ3) is 2.91. The molecule has 0 aliphatic carbocycles. The number of pyridine rings is 1. The van der Waals surface area contributed by atoms with E-state index in [4.69, 9.17) is 17.3 Å². The first-order chi connectivity index (χ1) is 9.38. The Hall–Kier alpha value is -2.08. The van der Waals surface area contributed by atoms with Gasteiger partial charge < -0.3 is 11.1 Å². The lowest BCUT2D eigenvalue weighted by atomic mass is 10.2. The minimum Gasteiger partial charge on any atom is -0.384 e. The van der Waals surface area contributed by atoms with Crippen LogP contribution in [-0.4, -0.2) is 20.7 Å². The quantitative estimate of drug-likeness (QED) is 0.842. The van der Waals surface area contributed by atoms with Crippen LogP contribution in [0.15, 0.2) is 12.1 Å². The number of nitrogens with one attached hydrogen (secondary N) is 1. The summed E-state index contributed by atoms with van der Waals surface area (Å²) in [5.41, 5.74) is 8.89. The van der Waals surface area contributed by atoms with Crippen LogP contribution in [0.25, 0.3) is 0 Å². The Morgan fingerprint density at radius 3 is 2.70 bits per heavy atom. The molecule has 0 atom stereocenters. The standard InChI is InChI=1S/C13H16ClN5O/c1-7-10(8(2)19(3)18-7)6-16-13(20)9-4-11(14)17-12(15)5-9/h4-5H,6H2,1-3H3,(H2,15,17)(H,16,20). The van der Waals surface area contributed by atoms with Crippen molar-refractivity contribution in [3.8, 4) is 0 Å². The Morgan fingerprint density at radius 2 is 2.15 bits per heavy atom. The van der Waals surface area contributed by atoms with Gasteiger partial charge in [0.25, 0.3) is 5.91 Å².